The Morgan fingerprint density at radius 2 is 1.79 bits per heavy atom. The molecule has 0 aliphatic heterocycles. The molecule has 0 fully saturated rings. The molecule has 0 aromatic heterocycles. The molecule has 1 aliphatic rings. The third kappa shape index (κ3) is 4.98. The van der Waals surface area contributed by atoms with Gasteiger partial charge in [-0.05, 0) is 48.6 Å². The number of allylic oxidation sites excluding steroid dienone is 2. The van der Waals surface area contributed by atoms with Crippen molar-refractivity contribution in [1.82, 2.24) is 0 Å². The Morgan fingerprint density at radius 3 is 2.48 bits per heavy atom. The summed E-state index contributed by atoms with van der Waals surface area (Å²) in [7, 11) is -2.34. The Balaban J connectivity index is 1.90. The van der Waals surface area contributed by atoms with Crippen LogP contribution < -0.4 is 14.8 Å². The van der Waals surface area contributed by atoms with Gasteiger partial charge in [-0.1, -0.05) is 32.0 Å². The van der Waals surface area contributed by atoms with Crippen LogP contribution in [0.1, 0.15) is 32.3 Å². The van der Waals surface area contributed by atoms with E-state index in [1.807, 2.05) is 19.9 Å². The molecule has 6 nitrogen and oxygen atoms in total. The second-order valence-electron chi connectivity index (χ2n) is 8.06. The van der Waals surface area contributed by atoms with E-state index in [1.165, 1.54) is 7.11 Å². The van der Waals surface area contributed by atoms with Crippen LogP contribution in [-0.4, -0.2) is 21.3 Å². The largest absolute Gasteiger partial charge is 0.495 e. The van der Waals surface area contributed by atoms with Crippen LogP contribution in [0.3, 0.4) is 0 Å². The summed E-state index contributed by atoms with van der Waals surface area (Å²) in [5.74, 6) is 0.512. The summed E-state index contributed by atoms with van der Waals surface area (Å²) < 4.78 is 33.9. The topological polar surface area (TPSA) is 84.5 Å². The minimum atomic E-state index is -3.83. The maximum atomic E-state index is 13.0. The molecule has 1 aliphatic carbocycles. The molecular formula is C22H26N2O4S. The molecule has 0 radical (unpaired) electrons. The molecule has 0 saturated carbocycles. The van der Waals surface area contributed by atoms with Gasteiger partial charge in [-0.15, -0.1) is 0 Å². The highest BCUT2D eigenvalue weighted by atomic mass is 32.2. The van der Waals surface area contributed by atoms with Crippen molar-refractivity contribution in [3.63, 3.8) is 0 Å². The number of rotatable bonds is 6. The predicted molar refractivity (Wildman–Crippen MR) is 115 cm³/mol. The Labute approximate surface area is 172 Å². The highest BCUT2D eigenvalue weighted by Gasteiger charge is 2.28. The summed E-state index contributed by atoms with van der Waals surface area (Å²) >= 11 is 0. The highest BCUT2D eigenvalue weighted by Crippen LogP contribution is 2.34. The maximum Gasteiger partial charge on any atom is 0.262 e. The summed E-state index contributed by atoms with van der Waals surface area (Å²) in [5, 5.41) is 3.22. The first-order valence-electron chi connectivity index (χ1n) is 9.37. The molecule has 2 aromatic rings. The lowest BCUT2D eigenvalue weighted by atomic mass is 9.79. The molecule has 2 aromatic carbocycles. The van der Waals surface area contributed by atoms with Gasteiger partial charge in [0.15, 0.2) is 5.78 Å². The van der Waals surface area contributed by atoms with Crippen molar-refractivity contribution in [2.24, 2.45) is 5.41 Å². The van der Waals surface area contributed by atoms with E-state index in [0.717, 1.165) is 5.70 Å². The van der Waals surface area contributed by atoms with Gasteiger partial charge >= 0.3 is 0 Å². The minimum absolute atomic E-state index is 0.0709. The summed E-state index contributed by atoms with van der Waals surface area (Å²) in [6.45, 7) is 5.83. The molecule has 3 rings (SSSR count). The molecule has 2 N–H and O–H groups in total. The third-order valence-corrected chi connectivity index (χ3v) is 6.30. The van der Waals surface area contributed by atoms with Crippen molar-refractivity contribution in [3.05, 3.63) is 59.8 Å². The van der Waals surface area contributed by atoms with E-state index >= 15 is 0 Å². The van der Waals surface area contributed by atoms with E-state index < -0.39 is 10.0 Å². The van der Waals surface area contributed by atoms with E-state index in [0.29, 0.717) is 35.5 Å². The number of anilines is 2. The number of carbonyl (C=O) groups excluding carboxylic acids is 1. The van der Waals surface area contributed by atoms with Gasteiger partial charge in [0.25, 0.3) is 10.0 Å². The zero-order valence-electron chi connectivity index (χ0n) is 17.1. The maximum absolute atomic E-state index is 13.0. The second-order valence-corrected chi connectivity index (χ2v) is 9.72. The zero-order valence-corrected chi connectivity index (χ0v) is 17.9. The first kappa shape index (κ1) is 20.9. The van der Waals surface area contributed by atoms with Crippen LogP contribution in [-0.2, 0) is 14.8 Å². The van der Waals surface area contributed by atoms with Crippen LogP contribution >= 0.6 is 0 Å². The van der Waals surface area contributed by atoms with Crippen LogP contribution in [0.2, 0.25) is 0 Å². The van der Waals surface area contributed by atoms with Crippen LogP contribution in [0.4, 0.5) is 11.4 Å². The summed E-state index contributed by atoms with van der Waals surface area (Å²) in [5.41, 5.74) is 2.27. The number of sulfonamides is 1. The van der Waals surface area contributed by atoms with E-state index in [9.17, 15) is 13.2 Å². The second kappa shape index (κ2) is 7.91. The molecular weight excluding hydrogens is 388 g/mol. The standard InChI is InChI=1S/C22H26N2O4S/c1-15-9-10-16(23-17-11-18(25)14-22(2,3)13-17)12-21(15)29(26,27)24-19-7-5-6-8-20(19)28-4/h5-12,23-24H,13-14H2,1-4H3. The number of ether oxygens (including phenoxy) is 1. The fraction of sp³-hybridized carbons (Fsp3) is 0.318. The summed E-state index contributed by atoms with van der Waals surface area (Å²) in [6.07, 6.45) is 2.83. The molecule has 0 spiro atoms. The van der Waals surface area contributed by atoms with Gasteiger partial charge in [-0.25, -0.2) is 8.42 Å². The fourth-order valence-electron chi connectivity index (χ4n) is 3.51. The Bertz CT molecular complexity index is 1070. The Morgan fingerprint density at radius 1 is 1.07 bits per heavy atom. The van der Waals surface area contributed by atoms with E-state index in [1.54, 1.807) is 49.4 Å². The average molecular weight is 415 g/mol. The summed E-state index contributed by atoms with van der Waals surface area (Å²) in [6, 6.07) is 12.0. The molecule has 154 valence electrons. The van der Waals surface area contributed by atoms with Crippen molar-refractivity contribution in [2.75, 3.05) is 17.1 Å². The first-order valence-corrected chi connectivity index (χ1v) is 10.8. The van der Waals surface area contributed by atoms with Crippen molar-refractivity contribution in [1.29, 1.82) is 0 Å². The molecule has 0 unspecified atom stereocenters. The number of carbonyl (C=O) groups is 1. The minimum Gasteiger partial charge on any atom is -0.495 e. The highest BCUT2D eigenvalue weighted by molar-refractivity contribution is 7.92. The SMILES string of the molecule is COc1ccccc1NS(=O)(=O)c1cc(NC2=CC(=O)CC(C)(C)C2)ccc1C. The van der Waals surface area contributed by atoms with Gasteiger partial charge in [0.05, 0.1) is 17.7 Å². The number of nitrogens with one attached hydrogen (secondary N) is 2. The number of ketones is 1. The zero-order chi connectivity index (χ0) is 21.2. The van der Waals surface area contributed by atoms with Crippen molar-refractivity contribution >= 4 is 27.2 Å². The molecule has 0 amide bonds. The van der Waals surface area contributed by atoms with E-state index in [2.05, 4.69) is 10.0 Å². The smallest absolute Gasteiger partial charge is 0.262 e. The van der Waals surface area contributed by atoms with Crippen molar-refractivity contribution in [2.45, 2.75) is 38.5 Å². The van der Waals surface area contributed by atoms with Crippen molar-refractivity contribution in [3.8, 4) is 5.75 Å². The van der Waals surface area contributed by atoms with Crippen molar-refractivity contribution < 1.29 is 17.9 Å². The van der Waals surface area contributed by atoms with E-state index in [4.69, 9.17) is 4.74 Å². The molecule has 29 heavy (non-hydrogen) atoms. The predicted octanol–water partition coefficient (Wildman–Crippen LogP) is 4.49. The molecule has 0 bridgehead atoms. The van der Waals surface area contributed by atoms with Gasteiger partial charge in [0, 0.05) is 23.9 Å². The van der Waals surface area contributed by atoms with Gasteiger partial charge in [-0.3, -0.25) is 9.52 Å². The van der Waals surface area contributed by atoms with Gasteiger partial charge in [-0.2, -0.15) is 0 Å². The monoisotopic (exact) mass is 414 g/mol. The van der Waals surface area contributed by atoms with Crippen LogP contribution in [0.15, 0.2) is 59.1 Å². The van der Waals surface area contributed by atoms with E-state index in [-0.39, 0.29) is 16.1 Å². The number of hydrogen-bond donors (Lipinski definition) is 2. The van der Waals surface area contributed by atoms with Gasteiger partial charge in [0.1, 0.15) is 5.75 Å². The quantitative estimate of drug-likeness (QED) is 0.728. The number of methoxy groups -OCH3 is 1. The number of aryl methyl sites for hydroxylation is 1. The Kier molecular flexibility index (Phi) is 5.71. The summed E-state index contributed by atoms with van der Waals surface area (Å²) in [4.78, 5) is 12.2. The average Bonchev–Trinajstić information content (AvgIpc) is 2.61. The molecule has 0 saturated heterocycles. The first-order chi connectivity index (χ1) is 13.6. The molecule has 7 heteroatoms. The van der Waals surface area contributed by atoms with Gasteiger partial charge < -0.3 is 10.1 Å². The Hall–Kier alpha value is -2.80. The molecule has 0 heterocycles. The number of hydrogen-bond acceptors (Lipinski definition) is 5. The number of para-hydroxylation sites is 2. The van der Waals surface area contributed by atoms with Crippen LogP contribution in [0.5, 0.6) is 5.75 Å². The lowest BCUT2D eigenvalue weighted by Crippen LogP contribution is -2.24. The third-order valence-electron chi connectivity index (χ3n) is 4.79. The molecule has 0 atom stereocenters. The number of benzene rings is 2. The van der Waals surface area contributed by atoms with Gasteiger partial charge in [0.2, 0.25) is 0 Å². The van der Waals surface area contributed by atoms with Crippen LogP contribution in [0, 0.1) is 12.3 Å². The van der Waals surface area contributed by atoms with Crippen LogP contribution in [0.25, 0.3) is 0 Å². The lowest BCUT2D eigenvalue weighted by molar-refractivity contribution is -0.117. The fourth-order valence-corrected chi connectivity index (χ4v) is 4.85. The lowest BCUT2D eigenvalue weighted by Gasteiger charge is -2.29. The normalized spacial score (nSPS) is 16.1.